The number of anilines is 1. The van der Waals surface area contributed by atoms with Gasteiger partial charge in [-0.1, -0.05) is 11.6 Å². The lowest BCUT2D eigenvalue weighted by Crippen LogP contribution is -2.03. The molecule has 0 fully saturated rings. The second-order valence-corrected chi connectivity index (χ2v) is 6.99. The van der Waals surface area contributed by atoms with Crippen molar-refractivity contribution in [3.63, 3.8) is 0 Å². The molecular formula is C15H20ClN3OS. The Hall–Kier alpha value is -1.33. The lowest BCUT2D eigenvalue weighted by molar-refractivity contribution is 0.686. The van der Waals surface area contributed by atoms with Gasteiger partial charge in [0.1, 0.15) is 0 Å². The third-order valence-electron chi connectivity index (χ3n) is 3.53. The Labute approximate surface area is 133 Å². The van der Waals surface area contributed by atoms with Crippen molar-refractivity contribution in [1.82, 2.24) is 9.78 Å². The van der Waals surface area contributed by atoms with Crippen molar-refractivity contribution < 1.29 is 4.21 Å². The Morgan fingerprint density at radius 1 is 1.38 bits per heavy atom. The molecule has 0 saturated carbocycles. The Balaban J connectivity index is 2.15. The number of nitrogens with one attached hydrogen (secondary N) is 1. The molecule has 1 aromatic heterocycles. The molecule has 0 radical (unpaired) electrons. The van der Waals surface area contributed by atoms with E-state index in [4.69, 9.17) is 11.6 Å². The van der Waals surface area contributed by atoms with Gasteiger partial charge < -0.3 is 5.32 Å². The van der Waals surface area contributed by atoms with E-state index < -0.39 is 10.8 Å². The van der Waals surface area contributed by atoms with Gasteiger partial charge >= 0.3 is 0 Å². The third kappa shape index (κ3) is 3.86. The smallest absolute Gasteiger partial charge is 0.0646 e. The van der Waals surface area contributed by atoms with E-state index in [0.29, 0.717) is 17.3 Å². The lowest BCUT2D eigenvalue weighted by Gasteiger charge is -2.10. The first-order chi connectivity index (χ1) is 9.88. The Morgan fingerprint density at radius 2 is 2.10 bits per heavy atom. The maximum absolute atomic E-state index is 11.4. The number of aryl methyl sites for hydroxylation is 2. The molecule has 1 aromatic carbocycles. The van der Waals surface area contributed by atoms with E-state index in [1.807, 2.05) is 36.9 Å². The molecule has 4 nitrogen and oxygen atoms in total. The predicted octanol–water partition coefficient (Wildman–Crippen LogP) is 3.18. The van der Waals surface area contributed by atoms with E-state index in [9.17, 15) is 4.21 Å². The van der Waals surface area contributed by atoms with Crippen molar-refractivity contribution in [3.05, 3.63) is 45.7 Å². The average molecular weight is 326 g/mol. The summed E-state index contributed by atoms with van der Waals surface area (Å²) in [4.78, 5) is 0. The van der Waals surface area contributed by atoms with Gasteiger partial charge in [-0.15, -0.1) is 0 Å². The van der Waals surface area contributed by atoms with E-state index in [-0.39, 0.29) is 0 Å². The van der Waals surface area contributed by atoms with Gasteiger partial charge in [0.2, 0.25) is 0 Å². The summed E-state index contributed by atoms with van der Waals surface area (Å²) in [6.45, 7) is 4.78. The third-order valence-corrected chi connectivity index (χ3v) is 4.62. The standard InChI is InChI=1S/C15H20ClN3OS/c1-10-14(11(2)19(3)18-10)8-17-13-5-6-15(16)12(7-13)9-21(4)20/h5-7,17H,8-9H2,1-4H3/t21-/m1/s1. The van der Waals surface area contributed by atoms with Gasteiger partial charge in [0.25, 0.3) is 0 Å². The van der Waals surface area contributed by atoms with Gasteiger partial charge in [-0.25, -0.2) is 0 Å². The highest BCUT2D eigenvalue weighted by Crippen LogP contribution is 2.23. The zero-order valence-corrected chi connectivity index (χ0v) is 14.3. The van der Waals surface area contributed by atoms with Gasteiger partial charge in [0.05, 0.1) is 5.69 Å². The van der Waals surface area contributed by atoms with Crippen LogP contribution in [0.2, 0.25) is 5.02 Å². The number of aromatic nitrogens is 2. The number of benzene rings is 1. The highest BCUT2D eigenvalue weighted by Gasteiger charge is 2.09. The summed E-state index contributed by atoms with van der Waals surface area (Å²) in [6.07, 6.45) is 1.68. The van der Waals surface area contributed by atoms with E-state index in [1.165, 1.54) is 5.56 Å². The number of halogens is 1. The largest absolute Gasteiger partial charge is 0.381 e. The fraction of sp³-hybridized carbons (Fsp3) is 0.400. The normalized spacial score (nSPS) is 12.4. The van der Waals surface area contributed by atoms with Crippen LogP contribution in [0.5, 0.6) is 0 Å². The summed E-state index contributed by atoms with van der Waals surface area (Å²) in [5.74, 6) is 0.472. The summed E-state index contributed by atoms with van der Waals surface area (Å²) in [5.41, 5.74) is 5.27. The van der Waals surface area contributed by atoms with Crippen LogP contribution in [-0.2, 0) is 30.1 Å². The van der Waals surface area contributed by atoms with Crippen LogP contribution in [0.4, 0.5) is 5.69 Å². The van der Waals surface area contributed by atoms with Crippen LogP contribution in [0.1, 0.15) is 22.5 Å². The van der Waals surface area contributed by atoms with Gasteiger partial charge in [-0.05, 0) is 37.6 Å². The molecule has 114 valence electrons. The van der Waals surface area contributed by atoms with Crippen LogP contribution >= 0.6 is 11.6 Å². The van der Waals surface area contributed by atoms with Crippen molar-refractivity contribution in [2.45, 2.75) is 26.1 Å². The van der Waals surface area contributed by atoms with Crippen LogP contribution in [-0.4, -0.2) is 20.2 Å². The number of rotatable bonds is 5. The molecular weight excluding hydrogens is 306 g/mol. The minimum atomic E-state index is -0.905. The quantitative estimate of drug-likeness (QED) is 0.918. The van der Waals surface area contributed by atoms with Crippen LogP contribution < -0.4 is 5.32 Å². The molecule has 1 atom stereocenters. The average Bonchev–Trinajstić information content (AvgIpc) is 2.64. The maximum atomic E-state index is 11.4. The fourth-order valence-electron chi connectivity index (χ4n) is 2.28. The van der Waals surface area contributed by atoms with Crippen molar-refractivity contribution >= 4 is 28.1 Å². The fourth-order valence-corrected chi connectivity index (χ4v) is 3.22. The molecule has 2 rings (SSSR count). The van der Waals surface area contributed by atoms with Crippen molar-refractivity contribution in [2.24, 2.45) is 7.05 Å². The first-order valence-corrected chi connectivity index (χ1v) is 8.80. The highest BCUT2D eigenvalue weighted by atomic mass is 35.5. The molecule has 0 saturated heterocycles. The molecule has 1 N–H and O–H groups in total. The minimum Gasteiger partial charge on any atom is -0.381 e. The van der Waals surface area contributed by atoms with E-state index in [0.717, 1.165) is 22.6 Å². The van der Waals surface area contributed by atoms with Crippen LogP contribution in [0.25, 0.3) is 0 Å². The molecule has 21 heavy (non-hydrogen) atoms. The van der Waals surface area contributed by atoms with Crippen LogP contribution in [0.3, 0.4) is 0 Å². The summed E-state index contributed by atoms with van der Waals surface area (Å²) in [7, 11) is 1.04. The van der Waals surface area contributed by atoms with Crippen molar-refractivity contribution in [1.29, 1.82) is 0 Å². The van der Waals surface area contributed by atoms with Crippen molar-refractivity contribution in [3.8, 4) is 0 Å². The molecule has 0 aliphatic heterocycles. The molecule has 0 spiro atoms. The molecule has 1 heterocycles. The maximum Gasteiger partial charge on any atom is 0.0646 e. The topological polar surface area (TPSA) is 46.9 Å². The van der Waals surface area contributed by atoms with Crippen molar-refractivity contribution in [2.75, 3.05) is 11.6 Å². The zero-order chi connectivity index (χ0) is 15.6. The van der Waals surface area contributed by atoms with Gasteiger partial charge in [0, 0.05) is 58.4 Å². The minimum absolute atomic E-state index is 0.472. The molecule has 0 aliphatic rings. The second kappa shape index (κ2) is 6.62. The predicted molar refractivity (Wildman–Crippen MR) is 89.2 cm³/mol. The van der Waals surface area contributed by atoms with Gasteiger partial charge in [-0.3, -0.25) is 8.89 Å². The second-order valence-electron chi connectivity index (χ2n) is 5.15. The first-order valence-electron chi connectivity index (χ1n) is 6.70. The Kier molecular flexibility index (Phi) is 5.06. The van der Waals surface area contributed by atoms with Gasteiger partial charge in [-0.2, -0.15) is 5.10 Å². The Bertz CT molecular complexity index is 682. The van der Waals surface area contributed by atoms with Gasteiger partial charge in [0.15, 0.2) is 0 Å². The Morgan fingerprint density at radius 3 is 2.67 bits per heavy atom. The summed E-state index contributed by atoms with van der Waals surface area (Å²) >= 11 is 6.14. The first kappa shape index (κ1) is 16.0. The molecule has 0 unspecified atom stereocenters. The van der Waals surface area contributed by atoms with E-state index in [2.05, 4.69) is 17.3 Å². The summed E-state index contributed by atoms with van der Waals surface area (Å²) < 4.78 is 13.3. The summed E-state index contributed by atoms with van der Waals surface area (Å²) in [6, 6.07) is 5.74. The molecule has 0 bridgehead atoms. The van der Waals surface area contributed by atoms with Crippen LogP contribution in [0.15, 0.2) is 18.2 Å². The number of nitrogens with zero attached hydrogens (tertiary/aromatic N) is 2. The number of hydrogen-bond acceptors (Lipinski definition) is 3. The summed E-state index contributed by atoms with van der Waals surface area (Å²) in [5, 5.41) is 8.45. The lowest BCUT2D eigenvalue weighted by atomic mass is 10.1. The SMILES string of the molecule is Cc1nn(C)c(C)c1CNc1ccc(Cl)c(C[S@@](C)=O)c1. The van der Waals surface area contributed by atoms with Crippen LogP contribution in [0, 0.1) is 13.8 Å². The monoisotopic (exact) mass is 325 g/mol. The molecule has 6 heteroatoms. The molecule has 2 aromatic rings. The molecule has 0 aliphatic carbocycles. The van der Waals surface area contributed by atoms with E-state index >= 15 is 0 Å². The zero-order valence-electron chi connectivity index (χ0n) is 12.7. The van der Waals surface area contributed by atoms with E-state index in [1.54, 1.807) is 6.26 Å². The highest BCUT2D eigenvalue weighted by molar-refractivity contribution is 7.83. The molecule has 0 amide bonds. The number of hydrogen-bond donors (Lipinski definition) is 1.